The monoisotopic (exact) mass is 313 g/mol. The van der Waals surface area contributed by atoms with Gasteiger partial charge in [0, 0.05) is 6.04 Å². The van der Waals surface area contributed by atoms with Crippen molar-refractivity contribution < 1.29 is 22.7 Å². The normalized spacial score (nSPS) is 27.0. The molecule has 1 aromatic carbocycles. The molecule has 6 heteroatoms. The smallest absolute Gasteiger partial charge is 0.416 e. The molecule has 3 rings (SSSR count). The molecule has 3 atom stereocenters. The molecular weight excluding hydrogens is 295 g/mol. The number of hydrogen-bond donors (Lipinski definition) is 1. The van der Waals surface area contributed by atoms with E-state index in [-0.39, 0.29) is 24.3 Å². The van der Waals surface area contributed by atoms with Gasteiger partial charge in [-0.1, -0.05) is 12.5 Å². The van der Waals surface area contributed by atoms with Gasteiger partial charge < -0.3 is 10.1 Å². The number of halogens is 3. The summed E-state index contributed by atoms with van der Waals surface area (Å²) in [6.45, 7) is -0.255. The lowest BCUT2D eigenvalue weighted by atomic mass is 9.95. The Balaban J connectivity index is 1.51. The molecule has 2 bridgehead atoms. The fourth-order valence-electron chi connectivity index (χ4n) is 3.58. The topological polar surface area (TPSA) is 38.3 Å². The molecule has 1 amide bonds. The van der Waals surface area contributed by atoms with Gasteiger partial charge in [0.1, 0.15) is 5.75 Å². The number of nitrogens with one attached hydrogen (secondary N) is 1. The molecule has 0 unspecified atom stereocenters. The van der Waals surface area contributed by atoms with Crippen LogP contribution in [0.5, 0.6) is 5.75 Å². The number of carbonyl (C=O) groups excluding carboxylic acids is 1. The Bertz CT molecular complexity index is 559. The molecule has 2 aliphatic rings. The summed E-state index contributed by atoms with van der Waals surface area (Å²) in [6.07, 6.45) is 0.186. The van der Waals surface area contributed by atoms with Crippen molar-refractivity contribution in [2.24, 2.45) is 11.8 Å². The Morgan fingerprint density at radius 2 is 2.09 bits per heavy atom. The van der Waals surface area contributed by atoms with Crippen molar-refractivity contribution in [2.45, 2.75) is 37.9 Å². The number of rotatable bonds is 4. The fraction of sp³-hybridized carbons (Fsp3) is 0.562. The van der Waals surface area contributed by atoms with Crippen LogP contribution in [0.4, 0.5) is 13.2 Å². The zero-order valence-electron chi connectivity index (χ0n) is 12.0. The van der Waals surface area contributed by atoms with E-state index >= 15 is 0 Å². The molecule has 0 spiro atoms. The molecule has 22 heavy (non-hydrogen) atoms. The van der Waals surface area contributed by atoms with Gasteiger partial charge in [0.25, 0.3) is 5.91 Å². The Kier molecular flexibility index (Phi) is 4.02. The van der Waals surface area contributed by atoms with Crippen molar-refractivity contribution in [3.8, 4) is 5.75 Å². The van der Waals surface area contributed by atoms with Crippen molar-refractivity contribution in [1.29, 1.82) is 0 Å². The molecule has 0 aromatic heterocycles. The van der Waals surface area contributed by atoms with Crippen LogP contribution in [0.3, 0.4) is 0 Å². The fourth-order valence-corrected chi connectivity index (χ4v) is 3.58. The van der Waals surface area contributed by atoms with Crippen LogP contribution in [0.15, 0.2) is 24.3 Å². The van der Waals surface area contributed by atoms with E-state index in [9.17, 15) is 18.0 Å². The molecule has 2 saturated carbocycles. The highest BCUT2D eigenvalue weighted by Crippen LogP contribution is 2.44. The predicted octanol–water partition coefficient (Wildman–Crippen LogP) is 3.39. The number of hydrogen-bond acceptors (Lipinski definition) is 2. The van der Waals surface area contributed by atoms with Crippen LogP contribution in [0.1, 0.15) is 31.2 Å². The highest BCUT2D eigenvalue weighted by atomic mass is 19.4. The van der Waals surface area contributed by atoms with Crippen LogP contribution in [0.25, 0.3) is 0 Å². The third-order valence-corrected chi connectivity index (χ3v) is 4.62. The molecule has 0 aliphatic heterocycles. The van der Waals surface area contributed by atoms with Crippen molar-refractivity contribution in [3.05, 3.63) is 29.8 Å². The van der Waals surface area contributed by atoms with E-state index in [0.717, 1.165) is 30.9 Å². The average Bonchev–Trinajstić information content (AvgIpc) is 3.07. The maximum absolute atomic E-state index is 12.6. The van der Waals surface area contributed by atoms with Crippen LogP contribution >= 0.6 is 0 Å². The number of ether oxygens (including phenoxy) is 1. The Labute approximate surface area is 126 Å². The summed E-state index contributed by atoms with van der Waals surface area (Å²) in [5.74, 6) is 1.06. The summed E-state index contributed by atoms with van der Waals surface area (Å²) in [5.41, 5.74) is -0.779. The first-order valence-corrected chi connectivity index (χ1v) is 7.51. The second-order valence-corrected chi connectivity index (χ2v) is 6.16. The van der Waals surface area contributed by atoms with Gasteiger partial charge in [0.15, 0.2) is 6.61 Å². The van der Waals surface area contributed by atoms with E-state index in [4.69, 9.17) is 4.74 Å². The molecule has 2 fully saturated rings. The molecule has 3 nitrogen and oxygen atoms in total. The van der Waals surface area contributed by atoms with Gasteiger partial charge >= 0.3 is 6.18 Å². The maximum Gasteiger partial charge on any atom is 0.416 e. The minimum atomic E-state index is -4.41. The molecular formula is C16H18F3NO2. The van der Waals surface area contributed by atoms with Crippen molar-refractivity contribution in [3.63, 3.8) is 0 Å². The van der Waals surface area contributed by atoms with E-state index in [2.05, 4.69) is 5.32 Å². The molecule has 1 N–H and O–H groups in total. The summed E-state index contributed by atoms with van der Waals surface area (Å²) in [5, 5.41) is 2.94. The minimum absolute atomic E-state index is 0.0536. The number of carbonyl (C=O) groups is 1. The van der Waals surface area contributed by atoms with E-state index in [1.54, 1.807) is 0 Å². The summed E-state index contributed by atoms with van der Waals surface area (Å²) < 4.78 is 42.9. The predicted molar refractivity (Wildman–Crippen MR) is 74.3 cm³/mol. The molecule has 0 radical (unpaired) electrons. The second-order valence-electron chi connectivity index (χ2n) is 6.16. The largest absolute Gasteiger partial charge is 0.484 e. The first-order chi connectivity index (χ1) is 10.4. The summed E-state index contributed by atoms with van der Waals surface area (Å²) >= 11 is 0. The van der Waals surface area contributed by atoms with Crippen LogP contribution in [-0.4, -0.2) is 18.6 Å². The number of amides is 1. The summed E-state index contributed by atoms with van der Waals surface area (Å²) in [6, 6.07) is 4.77. The minimum Gasteiger partial charge on any atom is -0.484 e. The number of fused-ring (bicyclic) bond motifs is 2. The maximum atomic E-state index is 12.6. The molecule has 0 heterocycles. The lowest BCUT2D eigenvalue weighted by molar-refractivity contribution is -0.137. The first kappa shape index (κ1) is 15.2. The second kappa shape index (κ2) is 5.82. The summed E-state index contributed by atoms with van der Waals surface area (Å²) in [4.78, 5) is 11.9. The zero-order valence-corrected chi connectivity index (χ0v) is 12.0. The highest BCUT2D eigenvalue weighted by Gasteiger charge is 2.40. The van der Waals surface area contributed by atoms with Crippen molar-refractivity contribution >= 4 is 5.91 Å². The molecule has 0 saturated heterocycles. The van der Waals surface area contributed by atoms with Gasteiger partial charge in [-0.2, -0.15) is 13.2 Å². The lowest BCUT2D eigenvalue weighted by Crippen LogP contribution is -2.40. The number of alkyl halides is 3. The quantitative estimate of drug-likeness (QED) is 0.925. The summed E-state index contributed by atoms with van der Waals surface area (Å²) in [7, 11) is 0. The molecule has 2 aliphatic carbocycles. The third kappa shape index (κ3) is 3.36. The van der Waals surface area contributed by atoms with Crippen LogP contribution in [-0.2, 0) is 11.0 Å². The van der Waals surface area contributed by atoms with Gasteiger partial charge in [0.05, 0.1) is 5.56 Å². The van der Waals surface area contributed by atoms with Crippen molar-refractivity contribution in [1.82, 2.24) is 5.32 Å². The SMILES string of the molecule is O=C(COc1cccc(C(F)(F)F)c1)N[C@H]1C[C@H]2CC[C@@H]1C2. The van der Waals surface area contributed by atoms with Gasteiger partial charge in [0.2, 0.25) is 0 Å². The van der Waals surface area contributed by atoms with Crippen LogP contribution in [0.2, 0.25) is 0 Å². The highest BCUT2D eigenvalue weighted by molar-refractivity contribution is 5.78. The number of benzene rings is 1. The van der Waals surface area contributed by atoms with E-state index in [1.165, 1.54) is 25.0 Å². The van der Waals surface area contributed by atoms with Gasteiger partial charge in [-0.25, -0.2) is 0 Å². The van der Waals surface area contributed by atoms with Crippen LogP contribution < -0.4 is 10.1 Å². The Morgan fingerprint density at radius 3 is 2.73 bits per heavy atom. The third-order valence-electron chi connectivity index (χ3n) is 4.62. The Hall–Kier alpha value is -1.72. The van der Waals surface area contributed by atoms with Gasteiger partial charge in [-0.15, -0.1) is 0 Å². The van der Waals surface area contributed by atoms with E-state index in [0.29, 0.717) is 5.92 Å². The van der Waals surface area contributed by atoms with E-state index < -0.39 is 11.7 Å². The van der Waals surface area contributed by atoms with E-state index in [1.807, 2.05) is 0 Å². The lowest BCUT2D eigenvalue weighted by Gasteiger charge is -2.22. The van der Waals surface area contributed by atoms with Gasteiger partial charge in [-0.3, -0.25) is 4.79 Å². The van der Waals surface area contributed by atoms with Gasteiger partial charge in [-0.05, 0) is 49.3 Å². The molecule has 1 aromatic rings. The zero-order chi connectivity index (χ0) is 15.7. The molecule has 120 valence electrons. The van der Waals surface area contributed by atoms with Crippen molar-refractivity contribution in [2.75, 3.05) is 6.61 Å². The standard InChI is InChI=1S/C16H18F3NO2/c17-16(18,19)12-2-1-3-13(8-12)22-9-15(21)20-14-7-10-4-5-11(14)6-10/h1-3,8,10-11,14H,4-7,9H2,(H,20,21)/t10-,11+,14-/m0/s1. The first-order valence-electron chi connectivity index (χ1n) is 7.51. The van der Waals surface area contributed by atoms with Crippen LogP contribution in [0, 0.1) is 11.8 Å². The Morgan fingerprint density at radius 1 is 1.27 bits per heavy atom. The average molecular weight is 313 g/mol.